The molecule has 0 fully saturated rings. The van der Waals surface area contributed by atoms with Crippen LogP contribution in [-0.4, -0.2) is 0 Å². The van der Waals surface area contributed by atoms with Crippen LogP contribution in [0.25, 0.3) is 33.4 Å². The summed E-state index contributed by atoms with van der Waals surface area (Å²) in [5.41, 5.74) is 10.2. The monoisotopic (exact) mass is 412 g/mol. The quantitative estimate of drug-likeness (QED) is 0.319. The highest BCUT2D eigenvalue weighted by molar-refractivity contribution is 9.10. The van der Waals surface area contributed by atoms with Crippen molar-refractivity contribution in [2.45, 2.75) is 13.8 Å². The predicted molar refractivity (Wildman–Crippen MR) is 120 cm³/mol. The van der Waals surface area contributed by atoms with Gasteiger partial charge in [-0.15, -0.1) is 0 Å². The lowest BCUT2D eigenvalue weighted by atomic mass is 9.90. The molecule has 27 heavy (non-hydrogen) atoms. The van der Waals surface area contributed by atoms with E-state index in [1.165, 1.54) is 44.5 Å². The highest BCUT2D eigenvalue weighted by Crippen LogP contribution is 2.36. The molecule has 0 atom stereocenters. The topological polar surface area (TPSA) is 0 Å². The van der Waals surface area contributed by atoms with E-state index in [0.29, 0.717) is 0 Å². The van der Waals surface area contributed by atoms with E-state index >= 15 is 0 Å². The number of halogens is 1. The van der Waals surface area contributed by atoms with Crippen LogP contribution in [-0.2, 0) is 0 Å². The molecular weight excluding hydrogens is 392 g/mol. The summed E-state index contributed by atoms with van der Waals surface area (Å²) in [6.45, 7) is 4.36. The maximum Gasteiger partial charge on any atom is 0.0181 e. The van der Waals surface area contributed by atoms with E-state index in [4.69, 9.17) is 0 Å². The van der Waals surface area contributed by atoms with Crippen LogP contribution in [0.5, 0.6) is 0 Å². The smallest absolute Gasteiger partial charge is 0.0181 e. The number of hydrogen-bond donors (Lipinski definition) is 0. The Kier molecular flexibility index (Phi) is 4.96. The van der Waals surface area contributed by atoms with Gasteiger partial charge in [0.05, 0.1) is 0 Å². The fourth-order valence-corrected chi connectivity index (χ4v) is 3.93. The molecule has 0 nitrogen and oxygen atoms in total. The van der Waals surface area contributed by atoms with Gasteiger partial charge in [-0.1, -0.05) is 88.7 Å². The maximum atomic E-state index is 3.62. The van der Waals surface area contributed by atoms with Crippen molar-refractivity contribution < 1.29 is 0 Å². The first-order valence-electron chi connectivity index (χ1n) is 9.15. The number of rotatable bonds is 3. The Morgan fingerprint density at radius 1 is 0.481 bits per heavy atom. The second-order valence-electron chi connectivity index (χ2n) is 6.90. The van der Waals surface area contributed by atoms with Crippen LogP contribution in [0, 0.1) is 13.8 Å². The number of hydrogen-bond acceptors (Lipinski definition) is 0. The minimum Gasteiger partial charge on any atom is -0.0622 e. The maximum absolute atomic E-state index is 3.62. The third kappa shape index (κ3) is 3.61. The third-order valence-electron chi connectivity index (χ3n) is 5.05. The molecule has 0 spiro atoms. The Balaban J connectivity index is 1.89. The van der Waals surface area contributed by atoms with E-state index in [2.05, 4.69) is 121 Å². The molecular formula is C26H21Br. The molecule has 0 bridgehead atoms. The Morgan fingerprint density at radius 2 is 1.04 bits per heavy atom. The van der Waals surface area contributed by atoms with Gasteiger partial charge in [-0.3, -0.25) is 0 Å². The standard InChI is InChI=1S/C26H21Br/c1-18-12-14-21(16-25(18)26-17-22(27)15-13-19(26)2)24-11-7-6-10-23(24)20-8-4-3-5-9-20/h3-17H,1-2H3. The van der Waals surface area contributed by atoms with Crippen LogP contribution in [0.2, 0.25) is 0 Å². The van der Waals surface area contributed by atoms with E-state index in [1.807, 2.05) is 0 Å². The van der Waals surface area contributed by atoms with Crippen LogP contribution in [0.4, 0.5) is 0 Å². The van der Waals surface area contributed by atoms with Crippen LogP contribution in [0.3, 0.4) is 0 Å². The van der Waals surface area contributed by atoms with Gasteiger partial charge in [-0.05, 0) is 76.6 Å². The van der Waals surface area contributed by atoms with Gasteiger partial charge >= 0.3 is 0 Å². The van der Waals surface area contributed by atoms with E-state index in [-0.39, 0.29) is 0 Å². The summed E-state index contributed by atoms with van der Waals surface area (Å²) in [5, 5.41) is 0. The summed E-state index contributed by atoms with van der Waals surface area (Å²) < 4.78 is 1.11. The Morgan fingerprint density at radius 3 is 1.74 bits per heavy atom. The lowest BCUT2D eigenvalue weighted by Gasteiger charge is -2.15. The van der Waals surface area contributed by atoms with E-state index in [1.54, 1.807) is 0 Å². The summed E-state index contributed by atoms with van der Waals surface area (Å²) in [7, 11) is 0. The van der Waals surface area contributed by atoms with Crippen molar-refractivity contribution in [2.24, 2.45) is 0 Å². The average Bonchev–Trinajstić information content (AvgIpc) is 2.71. The van der Waals surface area contributed by atoms with Crippen molar-refractivity contribution in [3.05, 3.63) is 107 Å². The first kappa shape index (κ1) is 17.8. The normalized spacial score (nSPS) is 10.8. The fourth-order valence-electron chi connectivity index (χ4n) is 3.57. The highest BCUT2D eigenvalue weighted by Gasteiger charge is 2.11. The van der Waals surface area contributed by atoms with Crippen molar-refractivity contribution in [2.75, 3.05) is 0 Å². The van der Waals surface area contributed by atoms with Gasteiger partial charge in [0.2, 0.25) is 0 Å². The Hall–Kier alpha value is -2.64. The van der Waals surface area contributed by atoms with Crippen LogP contribution < -0.4 is 0 Å². The first-order chi connectivity index (χ1) is 13.1. The van der Waals surface area contributed by atoms with Crippen molar-refractivity contribution in [1.82, 2.24) is 0 Å². The van der Waals surface area contributed by atoms with Crippen LogP contribution in [0.1, 0.15) is 11.1 Å². The van der Waals surface area contributed by atoms with Crippen molar-refractivity contribution in [3.63, 3.8) is 0 Å². The second-order valence-corrected chi connectivity index (χ2v) is 7.82. The molecule has 0 aromatic heterocycles. The first-order valence-corrected chi connectivity index (χ1v) is 9.95. The van der Waals surface area contributed by atoms with Crippen molar-refractivity contribution in [1.29, 1.82) is 0 Å². The molecule has 0 aliphatic carbocycles. The minimum absolute atomic E-state index is 1.11. The average molecular weight is 413 g/mol. The van der Waals surface area contributed by atoms with Gasteiger partial charge < -0.3 is 0 Å². The molecule has 0 saturated heterocycles. The molecule has 0 unspecified atom stereocenters. The molecule has 0 radical (unpaired) electrons. The molecule has 0 aliphatic rings. The molecule has 0 N–H and O–H groups in total. The molecule has 0 heterocycles. The predicted octanol–water partition coefficient (Wildman–Crippen LogP) is 8.07. The minimum atomic E-state index is 1.11. The molecule has 4 aromatic carbocycles. The molecule has 0 amide bonds. The van der Waals surface area contributed by atoms with Gasteiger partial charge in [-0.2, -0.15) is 0 Å². The molecule has 4 rings (SSSR count). The van der Waals surface area contributed by atoms with Crippen LogP contribution in [0.15, 0.2) is 95.5 Å². The summed E-state index contributed by atoms with van der Waals surface area (Å²) in [6, 6.07) is 32.5. The van der Waals surface area contributed by atoms with Crippen LogP contribution >= 0.6 is 15.9 Å². The zero-order valence-electron chi connectivity index (χ0n) is 15.5. The summed E-state index contributed by atoms with van der Waals surface area (Å²) in [4.78, 5) is 0. The summed E-state index contributed by atoms with van der Waals surface area (Å²) in [6.07, 6.45) is 0. The second kappa shape index (κ2) is 7.54. The zero-order chi connectivity index (χ0) is 18.8. The highest BCUT2D eigenvalue weighted by atomic mass is 79.9. The van der Waals surface area contributed by atoms with E-state index in [9.17, 15) is 0 Å². The number of benzene rings is 4. The fraction of sp³-hybridized carbons (Fsp3) is 0.0769. The molecule has 4 aromatic rings. The third-order valence-corrected chi connectivity index (χ3v) is 5.54. The molecule has 0 aliphatic heterocycles. The molecule has 132 valence electrons. The molecule has 0 saturated carbocycles. The lowest BCUT2D eigenvalue weighted by molar-refractivity contribution is 1.40. The van der Waals surface area contributed by atoms with Crippen molar-refractivity contribution >= 4 is 15.9 Å². The van der Waals surface area contributed by atoms with E-state index < -0.39 is 0 Å². The van der Waals surface area contributed by atoms with Gasteiger partial charge in [0.15, 0.2) is 0 Å². The van der Waals surface area contributed by atoms with Gasteiger partial charge in [0.1, 0.15) is 0 Å². The van der Waals surface area contributed by atoms with Gasteiger partial charge in [0, 0.05) is 4.47 Å². The van der Waals surface area contributed by atoms with Crippen molar-refractivity contribution in [3.8, 4) is 33.4 Å². The summed E-state index contributed by atoms with van der Waals surface area (Å²) in [5.74, 6) is 0. The van der Waals surface area contributed by atoms with Gasteiger partial charge in [0.25, 0.3) is 0 Å². The largest absolute Gasteiger partial charge is 0.0622 e. The lowest BCUT2D eigenvalue weighted by Crippen LogP contribution is -1.90. The Labute approximate surface area is 169 Å². The Bertz CT molecular complexity index is 1090. The SMILES string of the molecule is Cc1ccc(Br)cc1-c1cc(-c2ccccc2-c2ccccc2)ccc1C. The van der Waals surface area contributed by atoms with Gasteiger partial charge in [-0.25, -0.2) is 0 Å². The zero-order valence-corrected chi connectivity index (χ0v) is 17.1. The molecule has 1 heteroatoms. The summed E-state index contributed by atoms with van der Waals surface area (Å²) >= 11 is 3.62. The van der Waals surface area contributed by atoms with E-state index in [0.717, 1.165) is 4.47 Å². The number of aryl methyl sites for hydroxylation is 2.